The lowest BCUT2D eigenvalue weighted by Gasteiger charge is -2.18. The minimum atomic E-state index is -0.708. The minimum absolute atomic E-state index is 0.108. The second kappa shape index (κ2) is 6.87. The third-order valence-electron chi connectivity index (χ3n) is 3.42. The van der Waals surface area contributed by atoms with Crippen molar-refractivity contribution in [3.63, 3.8) is 0 Å². The summed E-state index contributed by atoms with van der Waals surface area (Å²) < 4.78 is 10.8. The Morgan fingerprint density at radius 2 is 2.00 bits per heavy atom. The van der Waals surface area contributed by atoms with E-state index in [0.717, 1.165) is 6.21 Å². The number of nitrogens with one attached hydrogen (secondary N) is 1. The number of carbonyl (C=O) groups excluding carboxylic acids is 1. The summed E-state index contributed by atoms with van der Waals surface area (Å²) in [6.45, 7) is 0.859. The number of nitrogens with zero attached hydrogens (tertiary/aromatic N) is 2. The van der Waals surface area contributed by atoms with E-state index in [1.54, 1.807) is 12.1 Å². The molecule has 0 saturated heterocycles. The molecule has 0 fully saturated rings. The zero-order valence-corrected chi connectivity index (χ0v) is 12.8. The molecule has 0 atom stereocenters. The van der Waals surface area contributed by atoms with Gasteiger partial charge in [-0.2, -0.15) is 5.10 Å². The second-order valence-electron chi connectivity index (χ2n) is 5.03. The largest absolute Gasteiger partial charge is 0.502 e. The maximum atomic E-state index is 12.1. The van der Waals surface area contributed by atoms with Gasteiger partial charge in [0, 0.05) is 17.2 Å². The van der Waals surface area contributed by atoms with Crippen LogP contribution >= 0.6 is 0 Å². The van der Waals surface area contributed by atoms with E-state index in [4.69, 9.17) is 9.47 Å². The summed E-state index contributed by atoms with van der Waals surface area (Å²) in [6.07, 6.45) is 1.12. The van der Waals surface area contributed by atoms with Crippen LogP contribution in [0.3, 0.4) is 0 Å². The average Bonchev–Trinajstić information content (AvgIpc) is 2.62. The van der Waals surface area contributed by atoms with E-state index in [0.29, 0.717) is 30.3 Å². The van der Waals surface area contributed by atoms with Gasteiger partial charge in [-0.05, 0) is 24.3 Å². The van der Waals surface area contributed by atoms with Crippen molar-refractivity contribution in [2.45, 2.75) is 0 Å². The van der Waals surface area contributed by atoms with Gasteiger partial charge in [-0.25, -0.2) is 5.43 Å². The van der Waals surface area contributed by atoms with Crippen molar-refractivity contribution >= 4 is 17.8 Å². The molecule has 0 saturated carbocycles. The highest BCUT2D eigenvalue weighted by Gasteiger charge is 2.16. The lowest BCUT2D eigenvalue weighted by atomic mass is 10.2. The number of hydrogen-bond acceptors (Lipinski definition) is 7. The Morgan fingerprint density at radius 3 is 2.76 bits per heavy atom. The Kier molecular flexibility index (Phi) is 4.46. The van der Waals surface area contributed by atoms with Crippen LogP contribution in [0, 0.1) is 10.1 Å². The van der Waals surface area contributed by atoms with Crippen LogP contribution in [0.5, 0.6) is 17.2 Å². The molecule has 0 unspecified atom stereocenters. The molecule has 0 aliphatic carbocycles. The highest BCUT2D eigenvalue weighted by molar-refractivity contribution is 5.95. The fraction of sp³-hybridized carbons (Fsp3) is 0.125. The third-order valence-corrected chi connectivity index (χ3v) is 3.42. The maximum absolute atomic E-state index is 12.1. The van der Waals surface area contributed by atoms with Gasteiger partial charge in [-0.15, -0.1) is 0 Å². The molecule has 25 heavy (non-hydrogen) atoms. The van der Waals surface area contributed by atoms with Crippen LogP contribution in [0.4, 0.5) is 5.69 Å². The van der Waals surface area contributed by atoms with E-state index in [-0.39, 0.29) is 5.56 Å². The number of amides is 1. The van der Waals surface area contributed by atoms with Crippen molar-refractivity contribution in [1.82, 2.24) is 5.43 Å². The summed E-state index contributed by atoms with van der Waals surface area (Å²) in [5.41, 5.74) is 2.26. The van der Waals surface area contributed by atoms with Gasteiger partial charge >= 0.3 is 5.69 Å². The molecule has 9 heteroatoms. The number of nitro benzene ring substituents is 1. The molecule has 1 amide bonds. The van der Waals surface area contributed by atoms with Crippen molar-refractivity contribution in [2.75, 3.05) is 13.2 Å². The molecule has 2 aromatic carbocycles. The second-order valence-corrected chi connectivity index (χ2v) is 5.03. The van der Waals surface area contributed by atoms with Crippen LogP contribution in [0.1, 0.15) is 15.9 Å². The number of fused-ring (bicyclic) bond motifs is 1. The highest BCUT2D eigenvalue weighted by Crippen LogP contribution is 2.31. The maximum Gasteiger partial charge on any atom is 0.311 e. The number of carbonyl (C=O) groups is 1. The van der Waals surface area contributed by atoms with Gasteiger partial charge in [0.25, 0.3) is 5.91 Å². The molecular weight excluding hydrogens is 330 g/mol. The van der Waals surface area contributed by atoms with Crippen LogP contribution in [-0.4, -0.2) is 35.4 Å². The average molecular weight is 343 g/mol. The van der Waals surface area contributed by atoms with E-state index in [9.17, 15) is 20.0 Å². The molecular formula is C16H13N3O6. The van der Waals surface area contributed by atoms with Crippen LogP contribution in [0.15, 0.2) is 41.5 Å². The number of nitro groups is 1. The fourth-order valence-corrected chi connectivity index (χ4v) is 2.21. The standard InChI is InChI=1S/C16H13N3O6/c20-15-11(2-1-3-12(15)19(22)23)9-17-18-16(21)10-4-5-13-14(8-10)25-7-6-24-13/h1-5,8-9,20H,6-7H2,(H,18,21). The van der Waals surface area contributed by atoms with Crippen molar-refractivity contribution in [3.05, 3.63) is 57.6 Å². The van der Waals surface area contributed by atoms with E-state index >= 15 is 0 Å². The Labute approximate surface area is 141 Å². The zero-order chi connectivity index (χ0) is 17.8. The molecule has 1 aliphatic rings. The fourth-order valence-electron chi connectivity index (χ4n) is 2.21. The number of phenols is 1. The molecule has 2 N–H and O–H groups in total. The topological polar surface area (TPSA) is 123 Å². The zero-order valence-electron chi connectivity index (χ0n) is 12.8. The van der Waals surface area contributed by atoms with Crippen molar-refractivity contribution in [3.8, 4) is 17.2 Å². The van der Waals surface area contributed by atoms with Gasteiger partial charge in [0.15, 0.2) is 11.5 Å². The first-order valence-electron chi connectivity index (χ1n) is 7.25. The first-order valence-corrected chi connectivity index (χ1v) is 7.25. The molecule has 0 bridgehead atoms. The first kappa shape index (κ1) is 16.2. The smallest absolute Gasteiger partial charge is 0.311 e. The summed E-state index contributed by atoms with van der Waals surface area (Å²) >= 11 is 0. The van der Waals surface area contributed by atoms with E-state index < -0.39 is 22.3 Å². The Morgan fingerprint density at radius 1 is 1.24 bits per heavy atom. The number of hydrogen-bond donors (Lipinski definition) is 2. The molecule has 1 heterocycles. The van der Waals surface area contributed by atoms with E-state index in [1.807, 2.05) is 0 Å². The first-order chi connectivity index (χ1) is 12.1. The normalized spacial score (nSPS) is 12.8. The Hall–Kier alpha value is -3.62. The summed E-state index contributed by atoms with van der Waals surface area (Å²) in [6, 6.07) is 8.72. The number of aromatic hydroxyl groups is 1. The molecule has 0 spiro atoms. The molecule has 0 radical (unpaired) electrons. The number of ether oxygens (including phenoxy) is 2. The number of rotatable bonds is 4. The van der Waals surface area contributed by atoms with Gasteiger partial charge in [-0.3, -0.25) is 14.9 Å². The summed E-state index contributed by atoms with van der Waals surface area (Å²) in [7, 11) is 0. The molecule has 128 valence electrons. The lowest BCUT2D eigenvalue weighted by molar-refractivity contribution is -0.385. The summed E-state index contributed by atoms with van der Waals surface area (Å²) in [5, 5.41) is 24.3. The lowest BCUT2D eigenvalue weighted by Crippen LogP contribution is -2.19. The van der Waals surface area contributed by atoms with Gasteiger partial charge in [0.1, 0.15) is 13.2 Å². The number of benzene rings is 2. The van der Waals surface area contributed by atoms with Crippen LogP contribution < -0.4 is 14.9 Å². The van der Waals surface area contributed by atoms with Crippen molar-refractivity contribution in [2.24, 2.45) is 5.10 Å². The predicted molar refractivity (Wildman–Crippen MR) is 87.3 cm³/mol. The molecule has 9 nitrogen and oxygen atoms in total. The van der Waals surface area contributed by atoms with Gasteiger partial charge in [0.2, 0.25) is 5.75 Å². The van der Waals surface area contributed by atoms with Crippen molar-refractivity contribution in [1.29, 1.82) is 0 Å². The van der Waals surface area contributed by atoms with Gasteiger partial charge in [0.05, 0.1) is 11.1 Å². The SMILES string of the molecule is O=C(NN=Cc1cccc([N+](=O)[O-])c1O)c1ccc2c(c1)OCCO2. The Balaban J connectivity index is 1.71. The van der Waals surface area contributed by atoms with E-state index in [2.05, 4.69) is 10.5 Å². The summed E-state index contributed by atoms with van der Waals surface area (Å²) in [5.74, 6) is 0.00926. The molecule has 3 rings (SSSR count). The van der Waals surface area contributed by atoms with E-state index in [1.165, 1.54) is 24.3 Å². The summed E-state index contributed by atoms with van der Waals surface area (Å²) in [4.78, 5) is 22.1. The molecule has 0 aromatic heterocycles. The predicted octanol–water partition coefficient (Wildman–Crippen LogP) is 1.84. The highest BCUT2D eigenvalue weighted by atomic mass is 16.6. The molecule has 2 aromatic rings. The molecule has 1 aliphatic heterocycles. The van der Waals surface area contributed by atoms with Crippen LogP contribution in [0.25, 0.3) is 0 Å². The van der Waals surface area contributed by atoms with Gasteiger partial charge < -0.3 is 14.6 Å². The Bertz CT molecular complexity index is 865. The van der Waals surface area contributed by atoms with Crippen LogP contribution in [-0.2, 0) is 0 Å². The third kappa shape index (κ3) is 3.50. The minimum Gasteiger partial charge on any atom is -0.502 e. The van der Waals surface area contributed by atoms with Gasteiger partial charge in [-0.1, -0.05) is 6.07 Å². The van der Waals surface area contributed by atoms with Crippen molar-refractivity contribution < 1.29 is 24.3 Å². The number of para-hydroxylation sites is 1. The monoisotopic (exact) mass is 343 g/mol. The number of hydrazone groups is 1. The van der Waals surface area contributed by atoms with Crippen LogP contribution in [0.2, 0.25) is 0 Å². The number of phenolic OH excluding ortho intramolecular Hbond substituents is 1. The quantitative estimate of drug-likeness (QED) is 0.496.